The molecule has 0 bridgehead atoms. The zero-order valence-corrected chi connectivity index (χ0v) is 10.7. The monoisotopic (exact) mass is 231 g/mol. The molecule has 0 aromatic heterocycles. The molecule has 1 aliphatic carbocycles. The van der Waals surface area contributed by atoms with Crippen LogP contribution in [0, 0.1) is 18.3 Å². The first kappa shape index (κ1) is 12.0. The summed E-state index contributed by atoms with van der Waals surface area (Å²) in [5, 5.41) is 7.49. The van der Waals surface area contributed by atoms with E-state index in [0.29, 0.717) is 0 Å². The highest BCUT2D eigenvalue weighted by molar-refractivity contribution is 5.96. The standard InChI is InChI=1S/C14H21N3/c1-3-17(9-11-4-5-11)12-6-7-13(14(15)16)10(2)8-12/h6-8,11H,3-5,9H2,1-2H3,(H3,15,16). The zero-order valence-electron chi connectivity index (χ0n) is 10.7. The lowest BCUT2D eigenvalue weighted by atomic mass is 10.1. The summed E-state index contributed by atoms with van der Waals surface area (Å²) < 4.78 is 0. The highest BCUT2D eigenvalue weighted by atomic mass is 15.1. The fourth-order valence-corrected chi connectivity index (χ4v) is 2.18. The van der Waals surface area contributed by atoms with Gasteiger partial charge in [0, 0.05) is 24.3 Å². The van der Waals surface area contributed by atoms with Gasteiger partial charge in [-0.15, -0.1) is 0 Å². The van der Waals surface area contributed by atoms with Crippen LogP contribution in [0.3, 0.4) is 0 Å². The van der Waals surface area contributed by atoms with Crippen LogP contribution in [0.1, 0.15) is 30.9 Å². The summed E-state index contributed by atoms with van der Waals surface area (Å²) in [5.74, 6) is 1.04. The second-order valence-corrected chi connectivity index (χ2v) is 4.89. The first-order valence-corrected chi connectivity index (χ1v) is 6.31. The summed E-state index contributed by atoms with van der Waals surface area (Å²) in [6, 6.07) is 6.18. The molecule has 0 saturated heterocycles. The van der Waals surface area contributed by atoms with Crippen LogP contribution < -0.4 is 10.6 Å². The van der Waals surface area contributed by atoms with E-state index in [4.69, 9.17) is 11.1 Å². The number of amidine groups is 1. The van der Waals surface area contributed by atoms with Gasteiger partial charge in [0.05, 0.1) is 0 Å². The van der Waals surface area contributed by atoms with E-state index in [1.807, 2.05) is 13.0 Å². The second-order valence-electron chi connectivity index (χ2n) is 4.89. The van der Waals surface area contributed by atoms with E-state index >= 15 is 0 Å². The lowest BCUT2D eigenvalue weighted by molar-refractivity contribution is 0.742. The lowest BCUT2D eigenvalue weighted by Gasteiger charge is -2.24. The number of rotatable bonds is 5. The number of nitrogens with zero attached hydrogens (tertiary/aromatic N) is 1. The van der Waals surface area contributed by atoms with E-state index in [2.05, 4.69) is 24.0 Å². The Kier molecular flexibility index (Phi) is 3.36. The third kappa shape index (κ3) is 2.78. The van der Waals surface area contributed by atoms with E-state index in [0.717, 1.165) is 30.1 Å². The van der Waals surface area contributed by atoms with E-state index in [-0.39, 0.29) is 5.84 Å². The van der Waals surface area contributed by atoms with Gasteiger partial charge in [0.2, 0.25) is 0 Å². The molecule has 17 heavy (non-hydrogen) atoms. The number of nitrogen functional groups attached to an aromatic ring is 1. The molecule has 0 unspecified atom stereocenters. The van der Waals surface area contributed by atoms with Gasteiger partial charge in [-0.05, 0) is 56.4 Å². The minimum absolute atomic E-state index is 0.152. The Morgan fingerprint density at radius 1 is 1.47 bits per heavy atom. The van der Waals surface area contributed by atoms with E-state index in [1.54, 1.807) is 0 Å². The average molecular weight is 231 g/mol. The molecule has 1 aromatic carbocycles. The van der Waals surface area contributed by atoms with Gasteiger partial charge in [-0.2, -0.15) is 0 Å². The smallest absolute Gasteiger partial charge is 0.123 e. The minimum Gasteiger partial charge on any atom is -0.384 e. The summed E-state index contributed by atoms with van der Waals surface area (Å²) in [6.45, 7) is 6.41. The minimum atomic E-state index is 0.152. The van der Waals surface area contributed by atoms with Gasteiger partial charge in [0.1, 0.15) is 5.84 Å². The number of benzene rings is 1. The molecule has 0 radical (unpaired) electrons. The van der Waals surface area contributed by atoms with Crippen molar-refractivity contribution in [1.29, 1.82) is 5.41 Å². The molecule has 1 saturated carbocycles. The van der Waals surface area contributed by atoms with Crippen LogP contribution in [-0.4, -0.2) is 18.9 Å². The van der Waals surface area contributed by atoms with Crippen molar-refractivity contribution in [3.63, 3.8) is 0 Å². The van der Waals surface area contributed by atoms with Gasteiger partial charge in [-0.1, -0.05) is 0 Å². The lowest BCUT2D eigenvalue weighted by Crippen LogP contribution is -2.25. The first-order valence-electron chi connectivity index (χ1n) is 6.31. The summed E-state index contributed by atoms with van der Waals surface area (Å²) in [5.41, 5.74) is 8.72. The molecule has 3 heteroatoms. The number of hydrogen-bond acceptors (Lipinski definition) is 2. The highest BCUT2D eigenvalue weighted by Gasteiger charge is 2.24. The molecule has 0 aliphatic heterocycles. The van der Waals surface area contributed by atoms with Crippen LogP contribution in [0.15, 0.2) is 18.2 Å². The van der Waals surface area contributed by atoms with Gasteiger partial charge < -0.3 is 10.6 Å². The SMILES string of the molecule is CCN(CC1CC1)c1ccc(C(=N)N)c(C)c1. The van der Waals surface area contributed by atoms with Crippen molar-refractivity contribution in [2.45, 2.75) is 26.7 Å². The molecule has 1 aromatic rings. The third-order valence-electron chi connectivity index (χ3n) is 3.42. The van der Waals surface area contributed by atoms with Crippen molar-refractivity contribution < 1.29 is 0 Å². The Bertz CT molecular complexity index is 421. The highest BCUT2D eigenvalue weighted by Crippen LogP contribution is 2.31. The number of nitrogens with one attached hydrogen (secondary N) is 1. The van der Waals surface area contributed by atoms with Gasteiger partial charge in [0.25, 0.3) is 0 Å². The largest absolute Gasteiger partial charge is 0.384 e. The molecule has 3 nitrogen and oxygen atoms in total. The van der Waals surface area contributed by atoms with Crippen LogP contribution in [-0.2, 0) is 0 Å². The Labute approximate surface area is 103 Å². The number of anilines is 1. The Morgan fingerprint density at radius 2 is 2.18 bits per heavy atom. The van der Waals surface area contributed by atoms with Crippen molar-refractivity contribution in [2.24, 2.45) is 11.7 Å². The molecular weight excluding hydrogens is 210 g/mol. The number of nitrogens with two attached hydrogens (primary N) is 1. The molecule has 0 heterocycles. The van der Waals surface area contributed by atoms with Gasteiger partial charge in [0.15, 0.2) is 0 Å². The maximum absolute atomic E-state index is 7.49. The number of aryl methyl sites for hydroxylation is 1. The van der Waals surface area contributed by atoms with Gasteiger partial charge >= 0.3 is 0 Å². The van der Waals surface area contributed by atoms with E-state index < -0.39 is 0 Å². The zero-order chi connectivity index (χ0) is 12.4. The average Bonchev–Trinajstić information content (AvgIpc) is 3.09. The van der Waals surface area contributed by atoms with Crippen LogP contribution in [0.5, 0.6) is 0 Å². The van der Waals surface area contributed by atoms with Crippen molar-refractivity contribution >= 4 is 11.5 Å². The molecule has 1 fully saturated rings. The third-order valence-corrected chi connectivity index (χ3v) is 3.42. The molecule has 3 N–H and O–H groups in total. The summed E-state index contributed by atoms with van der Waals surface area (Å²) >= 11 is 0. The molecule has 2 rings (SSSR count). The topological polar surface area (TPSA) is 53.1 Å². The predicted octanol–water partition coefficient (Wildman–Crippen LogP) is 2.52. The van der Waals surface area contributed by atoms with Crippen LogP contribution in [0.4, 0.5) is 5.69 Å². The Balaban J connectivity index is 2.19. The summed E-state index contributed by atoms with van der Waals surface area (Å²) in [6.07, 6.45) is 2.75. The number of hydrogen-bond donors (Lipinski definition) is 2. The van der Waals surface area contributed by atoms with Crippen molar-refractivity contribution in [3.05, 3.63) is 29.3 Å². The Morgan fingerprint density at radius 3 is 2.65 bits per heavy atom. The molecule has 0 amide bonds. The van der Waals surface area contributed by atoms with Crippen LogP contribution in [0.25, 0.3) is 0 Å². The van der Waals surface area contributed by atoms with E-state index in [1.165, 1.54) is 18.5 Å². The predicted molar refractivity (Wildman–Crippen MR) is 72.8 cm³/mol. The maximum atomic E-state index is 7.49. The fourth-order valence-electron chi connectivity index (χ4n) is 2.18. The van der Waals surface area contributed by atoms with Crippen molar-refractivity contribution in [2.75, 3.05) is 18.0 Å². The van der Waals surface area contributed by atoms with Crippen molar-refractivity contribution in [1.82, 2.24) is 0 Å². The summed E-state index contributed by atoms with van der Waals surface area (Å²) in [7, 11) is 0. The first-order chi connectivity index (χ1) is 8.11. The fraction of sp³-hybridized carbons (Fsp3) is 0.500. The molecule has 0 atom stereocenters. The van der Waals surface area contributed by atoms with Gasteiger partial charge in [-0.25, -0.2) is 0 Å². The van der Waals surface area contributed by atoms with Crippen molar-refractivity contribution in [3.8, 4) is 0 Å². The van der Waals surface area contributed by atoms with Crippen LogP contribution in [0.2, 0.25) is 0 Å². The normalized spacial score (nSPS) is 14.7. The van der Waals surface area contributed by atoms with E-state index in [9.17, 15) is 0 Å². The molecule has 1 aliphatic rings. The molecule has 0 spiro atoms. The molecule has 92 valence electrons. The molecular formula is C14H21N3. The Hall–Kier alpha value is -1.51. The summed E-state index contributed by atoms with van der Waals surface area (Å²) in [4.78, 5) is 2.41. The maximum Gasteiger partial charge on any atom is 0.123 e. The second kappa shape index (κ2) is 4.78. The van der Waals surface area contributed by atoms with Crippen LogP contribution >= 0.6 is 0 Å². The van der Waals surface area contributed by atoms with Gasteiger partial charge in [-0.3, -0.25) is 5.41 Å². The quantitative estimate of drug-likeness (QED) is 0.604.